The lowest BCUT2D eigenvalue weighted by molar-refractivity contribution is 0.0780. The Kier molecular flexibility index (Phi) is 3.97. The maximum absolute atomic E-state index is 12.5. The molecule has 2 aliphatic heterocycles. The number of aromatic nitrogens is 2. The number of carbonyl (C=O) groups is 1. The van der Waals surface area contributed by atoms with Crippen LogP contribution in [0.4, 0.5) is 5.95 Å². The molecule has 2 aromatic heterocycles. The summed E-state index contributed by atoms with van der Waals surface area (Å²) in [4.78, 5) is 26.7. The van der Waals surface area contributed by atoms with Crippen molar-refractivity contribution in [2.24, 2.45) is 0 Å². The summed E-state index contributed by atoms with van der Waals surface area (Å²) in [5, 5.41) is 2.07. The highest BCUT2D eigenvalue weighted by Gasteiger charge is 2.30. The largest absolute Gasteiger partial charge is 0.378 e. The van der Waals surface area contributed by atoms with E-state index in [0.29, 0.717) is 31.3 Å². The van der Waals surface area contributed by atoms with Crippen molar-refractivity contribution in [1.82, 2.24) is 14.9 Å². The van der Waals surface area contributed by atoms with Crippen molar-refractivity contribution in [3.8, 4) is 0 Å². The Labute approximate surface area is 138 Å². The highest BCUT2D eigenvalue weighted by molar-refractivity contribution is 7.09. The predicted molar refractivity (Wildman–Crippen MR) is 87.8 cm³/mol. The summed E-state index contributed by atoms with van der Waals surface area (Å²) < 4.78 is 5.36. The fourth-order valence-corrected chi connectivity index (χ4v) is 3.62. The van der Waals surface area contributed by atoms with Gasteiger partial charge in [-0.1, -0.05) is 6.07 Å². The van der Waals surface area contributed by atoms with E-state index < -0.39 is 0 Å². The lowest BCUT2D eigenvalue weighted by Gasteiger charge is -2.26. The third-order valence-corrected chi connectivity index (χ3v) is 5.15. The Bertz CT molecular complexity index is 698. The number of morpholine rings is 1. The molecule has 0 aliphatic carbocycles. The first-order chi connectivity index (χ1) is 11.3. The number of thiophene rings is 1. The van der Waals surface area contributed by atoms with Crippen molar-refractivity contribution in [3.63, 3.8) is 0 Å². The number of carbonyl (C=O) groups excluding carboxylic acids is 1. The van der Waals surface area contributed by atoms with Gasteiger partial charge >= 0.3 is 0 Å². The van der Waals surface area contributed by atoms with E-state index in [1.54, 1.807) is 17.5 Å². The van der Waals surface area contributed by atoms with Gasteiger partial charge in [0, 0.05) is 30.7 Å². The number of nitrogens with zero attached hydrogens (tertiary/aromatic N) is 4. The Morgan fingerprint density at radius 3 is 2.96 bits per heavy atom. The molecular formula is C16H18N4O2S. The van der Waals surface area contributed by atoms with Crippen LogP contribution in [-0.4, -0.2) is 53.6 Å². The third kappa shape index (κ3) is 2.94. The second-order valence-electron chi connectivity index (χ2n) is 5.69. The molecule has 1 fully saturated rings. The fraction of sp³-hybridized carbons (Fsp3) is 0.438. The molecule has 6 nitrogen and oxygen atoms in total. The average Bonchev–Trinajstić information content (AvgIpc) is 3.22. The maximum Gasteiger partial charge on any atom is 0.257 e. The van der Waals surface area contributed by atoms with Crippen molar-refractivity contribution in [2.45, 2.75) is 13.0 Å². The molecule has 0 bridgehead atoms. The van der Waals surface area contributed by atoms with Crippen LogP contribution in [-0.2, 0) is 17.7 Å². The van der Waals surface area contributed by atoms with Crippen molar-refractivity contribution in [2.75, 3.05) is 37.7 Å². The Morgan fingerprint density at radius 1 is 1.30 bits per heavy atom. The average molecular weight is 330 g/mol. The number of rotatable bonds is 4. The molecule has 1 saturated heterocycles. The van der Waals surface area contributed by atoms with E-state index in [4.69, 9.17) is 4.74 Å². The second-order valence-corrected chi connectivity index (χ2v) is 6.72. The first-order valence-corrected chi connectivity index (χ1v) is 8.69. The van der Waals surface area contributed by atoms with E-state index in [1.165, 1.54) is 4.88 Å². The van der Waals surface area contributed by atoms with E-state index in [9.17, 15) is 4.79 Å². The first-order valence-electron chi connectivity index (χ1n) is 7.81. The molecule has 120 valence electrons. The molecule has 4 rings (SSSR count). The van der Waals surface area contributed by atoms with Gasteiger partial charge in [-0.3, -0.25) is 4.79 Å². The van der Waals surface area contributed by atoms with Crippen molar-refractivity contribution < 1.29 is 9.53 Å². The van der Waals surface area contributed by atoms with Crippen LogP contribution in [0.1, 0.15) is 20.9 Å². The minimum Gasteiger partial charge on any atom is -0.378 e. The smallest absolute Gasteiger partial charge is 0.257 e. The highest BCUT2D eigenvalue weighted by Crippen LogP contribution is 2.23. The molecule has 0 atom stereocenters. The minimum absolute atomic E-state index is 0.0464. The first kappa shape index (κ1) is 14.6. The van der Waals surface area contributed by atoms with Crippen molar-refractivity contribution >= 4 is 23.2 Å². The molecule has 7 heteroatoms. The number of hydrogen-bond acceptors (Lipinski definition) is 6. The number of anilines is 1. The van der Waals surface area contributed by atoms with Crippen LogP contribution >= 0.6 is 11.3 Å². The number of amides is 1. The van der Waals surface area contributed by atoms with E-state index in [0.717, 1.165) is 31.7 Å². The number of hydrogen-bond donors (Lipinski definition) is 0. The molecule has 23 heavy (non-hydrogen) atoms. The maximum atomic E-state index is 12.5. The van der Waals surface area contributed by atoms with Crippen LogP contribution in [0.25, 0.3) is 0 Å². The third-order valence-electron chi connectivity index (χ3n) is 4.22. The van der Waals surface area contributed by atoms with Crippen LogP contribution in [0.5, 0.6) is 0 Å². The van der Waals surface area contributed by atoms with Crippen molar-refractivity contribution in [3.05, 3.63) is 39.8 Å². The lowest BCUT2D eigenvalue weighted by Crippen LogP contribution is -2.37. The summed E-state index contributed by atoms with van der Waals surface area (Å²) in [6.45, 7) is 4.31. The molecule has 1 amide bonds. The molecule has 0 N–H and O–H groups in total. The van der Waals surface area contributed by atoms with Gasteiger partial charge in [0.1, 0.15) is 0 Å². The molecular weight excluding hydrogens is 312 g/mol. The van der Waals surface area contributed by atoms with Gasteiger partial charge in [-0.2, -0.15) is 0 Å². The zero-order valence-corrected chi connectivity index (χ0v) is 13.6. The fourth-order valence-electron chi connectivity index (χ4n) is 2.93. The highest BCUT2D eigenvalue weighted by atomic mass is 32.1. The molecule has 0 radical (unpaired) electrons. The summed E-state index contributed by atoms with van der Waals surface area (Å²) in [5.41, 5.74) is 1.49. The molecule has 0 saturated carbocycles. The van der Waals surface area contributed by atoms with Crippen LogP contribution in [0, 0.1) is 0 Å². The van der Waals surface area contributed by atoms with E-state index >= 15 is 0 Å². The zero-order chi connectivity index (χ0) is 15.6. The Balaban J connectivity index is 1.47. The summed E-state index contributed by atoms with van der Waals surface area (Å²) in [6, 6.07) is 4.15. The predicted octanol–water partition coefficient (Wildman–Crippen LogP) is 1.57. The molecule has 4 heterocycles. The summed E-state index contributed by atoms with van der Waals surface area (Å²) >= 11 is 1.73. The van der Waals surface area contributed by atoms with E-state index in [1.807, 2.05) is 11.0 Å². The molecule has 2 aliphatic rings. The van der Waals surface area contributed by atoms with Gasteiger partial charge in [0.25, 0.3) is 5.91 Å². The molecule has 0 aromatic carbocycles. The topological polar surface area (TPSA) is 58.6 Å². The SMILES string of the molecule is O=C1c2cnc(N3CCOCC3)nc2CN1CCc1cccs1. The van der Waals surface area contributed by atoms with Gasteiger partial charge in [0.05, 0.1) is 31.0 Å². The van der Waals surface area contributed by atoms with Gasteiger partial charge in [0.15, 0.2) is 0 Å². The van der Waals surface area contributed by atoms with E-state index in [2.05, 4.69) is 26.3 Å². The van der Waals surface area contributed by atoms with Crippen LogP contribution in [0.2, 0.25) is 0 Å². The Hall–Kier alpha value is -1.99. The normalized spacial score (nSPS) is 17.7. The van der Waals surface area contributed by atoms with E-state index in [-0.39, 0.29) is 5.91 Å². The zero-order valence-electron chi connectivity index (χ0n) is 12.8. The lowest BCUT2D eigenvalue weighted by atomic mass is 10.3. The van der Waals surface area contributed by atoms with Gasteiger partial charge in [0.2, 0.25) is 5.95 Å². The van der Waals surface area contributed by atoms with Gasteiger partial charge in [-0.15, -0.1) is 11.3 Å². The van der Waals surface area contributed by atoms with Crippen LogP contribution in [0.15, 0.2) is 23.7 Å². The van der Waals surface area contributed by atoms with Gasteiger partial charge in [-0.25, -0.2) is 9.97 Å². The minimum atomic E-state index is 0.0464. The van der Waals surface area contributed by atoms with Crippen LogP contribution in [0.3, 0.4) is 0 Å². The summed E-state index contributed by atoms with van der Waals surface area (Å²) in [5.74, 6) is 0.755. The summed E-state index contributed by atoms with van der Waals surface area (Å²) in [6.07, 6.45) is 2.57. The molecule has 0 spiro atoms. The Morgan fingerprint density at radius 2 is 2.17 bits per heavy atom. The van der Waals surface area contributed by atoms with Crippen LogP contribution < -0.4 is 4.90 Å². The monoisotopic (exact) mass is 330 g/mol. The number of ether oxygens (including phenoxy) is 1. The second kappa shape index (κ2) is 6.25. The number of fused-ring (bicyclic) bond motifs is 1. The molecule has 2 aromatic rings. The summed E-state index contributed by atoms with van der Waals surface area (Å²) in [7, 11) is 0. The standard InChI is InChI=1S/C16H18N4O2S/c21-15-13-10-17-16(19-5-7-22-8-6-19)18-14(13)11-20(15)4-3-12-2-1-9-23-12/h1-2,9-10H,3-8,11H2. The van der Waals surface area contributed by atoms with Gasteiger partial charge in [-0.05, 0) is 17.9 Å². The quantitative estimate of drug-likeness (QED) is 0.852. The van der Waals surface area contributed by atoms with Gasteiger partial charge < -0.3 is 14.5 Å². The van der Waals surface area contributed by atoms with Crippen molar-refractivity contribution in [1.29, 1.82) is 0 Å². The molecule has 0 unspecified atom stereocenters.